The Kier molecular flexibility index (Phi) is 6.49. The first-order valence-corrected chi connectivity index (χ1v) is 13.3. The smallest absolute Gasteiger partial charge is 0.209 e. The molecule has 206 valence electrons. The van der Waals surface area contributed by atoms with Crippen LogP contribution in [0.25, 0.3) is 0 Å². The van der Waals surface area contributed by atoms with Gasteiger partial charge in [-0.05, 0) is 83.2 Å². The average Bonchev–Trinajstić information content (AvgIpc) is 2.86. The number of ketones is 3. The minimum Gasteiger partial charge on any atom is -0.510 e. The second-order valence-corrected chi connectivity index (χ2v) is 11.5. The van der Waals surface area contributed by atoms with Crippen LogP contribution < -0.4 is 0 Å². The van der Waals surface area contributed by atoms with Crippen molar-refractivity contribution in [1.29, 1.82) is 0 Å². The number of hydrogen-bond donors (Lipinski definition) is 5. The highest BCUT2D eigenvalue weighted by atomic mass is 16.3. The van der Waals surface area contributed by atoms with Gasteiger partial charge in [-0.15, -0.1) is 0 Å². The zero-order valence-corrected chi connectivity index (χ0v) is 22.2. The standard InChI is InChI=1S/C30H33NO8/c1-15(32)21-26(35)24(31(2)3)19-14-17-13-18-16(9-12-29(38)10-5-4-6-11-29)7-8-20(33)23(18)25(34)22(17)28(37)30(19,39)27(21)36/h7-8,17,19,24,33,35,37-39H,4-6,10-11,13-14H2,1-3H3/t17-,19-,24-,30+/m0/s1. The maximum Gasteiger partial charge on any atom is 0.209 e. The molecule has 1 saturated carbocycles. The summed E-state index contributed by atoms with van der Waals surface area (Å²) in [5.41, 5.74) is -3.66. The molecule has 5 N–H and O–H groups in total. The predicted octanol–water partition coefficient (Wildman–Crippen LogP) is 2.27. The number of aliphatic hydroxyl groups is 4. The lowest BCUT2D eigenvalue weighted by Gasteiger charge is -2.50. The third-order valence-electron chi connectivity index (χ3n) is 8.82. The Morgan fingerprint density at radius 2 is 1.72 bits per heavy atom. The Morgan fingerprint density at radius 1 is 1.05 bits per heavy atom. The van der Waals surface area contributed by atoms with Crippen molar-refractivity contribution in [2.75, 3.05) is 14.1 Å². The molecule has 4 atom stereocenters. The summed E-state index contributed by atoms with van der Waals surface area (Å²) in [5, 5.41) is 55.6. The van der Waals surface area contributed by atoms with Crippen LogP contribution in [0, 0.1) is 23.7 Å². The second kappa shape index (κ2) is 9.33. The largest absolute Gasteiger partial charge is 0.510 e. The highest BCUT2D eigenvalue weighted by molar-refractivity contribution is 6.25. The molecule has 0 amide bonds. The van der Waals surface area contributed by atoms with Gasteiger partial charge in [0.2, 0.25) is 5.78 Å². The normalized spacial score (nSPS) is 29.8. The van der Waals surface area contributed by atoms with Gasteiger partial charge in [-0.25, -0.2) is 0 Å². The van der Waals surface area contributed by atoms with Gasteiger partial charge in [0, 0.05) is 17.1 Å². The van der Waals surface area contributed by atoms with E-state index in [2.05, 4.69) is 11.8 Å². The third-order valence-corrected chi connectivity index (χ3v) is 8.82. The maximum absolute atomic E-state index is 13.8. The molecule has 4 aliphatic carbocycles. The van der Waals surface area contributed by atoms with Gasteiger partial charge in [0.25, 0.3) is 0 Å². The molecule has 0 bridgehead atoms. The van der Waals surface area contributed by atoms with Crippen LogP contribution in [0.4, 0.5) is 0 Å². The Hall–Kier alpha value is -3.45. The van der Waals surface area contributed by atoms with Crippen molar-refractivity contribution in [3.05, 3.63) is 51.5 Å². The van der Waals surface area contributed by atoms with Gasteiger partial charge >= 0.3 is 0 Å². The lowest BCUT2D eigenvalue weighted by molar-refractivity contribution is -0.148. The maximum atomic E-state index is 13.8. The fraction of sp³-hybridized carbons (Fsp3) is 0.500. The number of phenolic OH excluding ortho intramolecular Hbond substituents is 1. The van der Waals surface area contributed by atoms with E-state index in [9.17, 15) is 39.9 Å². The van der Waals surface area contributed by atoms with E-state index in [4.69, 9.17) is 0 Å². The molecule has 5 rings (SSSR count). The van der Waals surface area contributed by atoms with E-state index in [1.54, 1.807) is 25.1 Å². The number of nitrogens with zero attached hydrogens (tertiary/aromatic N) is 1. The quantitative estimate of drug-likeness (QED) is 0.283. The number of hydrogen-bond acceptors (Lipinski definition) is 9. The van der Waals surface area contributed by atoms with Crippen molar-refractivity contribution >= 4 is 17.3 Å². The van der Waals surface area contributed by atoms with E-state index in [0.29, 0.717) is 24.0 Å². The number of carbonyl (C=O) groups excluding carboxylic acids is 3. The Balaban J connectivity index is 1.65. The van der Waals surface area contributed by atoms with E-state index in [0.717, 1.165) is 26.2 Å². The van der Waals surface area contributed by atoms with Crippen molar-refractivity contribution in [3.63, 3.8) is 0 Å². The first-order chi connectivity index (χ1) is 18.3. The van der Waals surface area contributed by atoms with E-state index in [1.807, 2.05) is 0 Å². The van der Waals surface area contributed by atoms with Gasteiger partial charge in [-0.3, -0.25) is 19.3 Å². The molecule has 4 aliphatic rings. The van der Waals surface area contributed by atoms with E-state index >= 15 is 0 Å². The summed E-state index contributed by atoms with van der Waals surface area (Å²) in [6, 6.07) is 1.94. The number of rotatable bonds is 2. The number of fused-ring (bicyclic) bond motifs is 3. The molecule has 9 nitrogen and oxygen atoms in total. The van der Waals surface area contributed by atoms with Crippen molar-refractivity contribution in [3.8, 4) is 17.6 Å². The van der Waals surface area contributed by atoms with Gasteiger partial charge in [-0.2, -0.15) is 0 Å². The van der Waals surface area contributed by atoms with Crippen molar-refractivity contribution in [2.24, 2.45) is 11.8 Å². The molecule has 0 aliphatic heterocycles. The molecule has 9 heteroatoms. The highest BCUT2D eigenvalue weighted by Gasteiger charge is 2.63. The Morgan fingerprint density at radius 3 is 2.33 bits per heavy atom. The van der Waals surface area contributed by atoms with Crippen LogP contribution in [0.5, 0.6) is 5.75 Å². The fourth-order valence-corrected chi connectivity index (χ4v) is 6.92. The molecule has 0 spiro atoms. The zero-order valence-electron chi connectivity index (χ0n) is 22.2. The summed E-state index contributed by atoms with van der Waals surface area (Å²) in [6.45, 7) is 1.09. The number of phenols is 1. The monoisotopic (exact) mass is 535 g/mol. The van der Waals surface area contributed by atoms with Gasteiger partial charge in [0.15, 0.2) is 17.2 Å². The molecule has 0 aromatic heterocycles. The fourth-order valence-electron chi connectivity index (χ4n) is 6.92. The molecule has 0 saturated heterocycles. The topological polar surface area (TPSA) is 156 Å². The molecule has 1 fully saturated rings. The van der Waals surface area contributed by atoms with Gasteiger partial charge < -0.3 is 25.5 Å². The van der Waals surface area contributed by atoms with Gasteiger partial charge in [0.1, 0.15) is 28.4 Å². The summed E-state index contributed by atoms with van der Waals surface area (Å²) in [6.07, 6.45) is 4.10. The van der Waals surface area contributed by atoms with Crippen LogP contribution in [0.2, 0.25) is 0 Å². The van der Waals surface area contributed by atoms with E-state index in [-0.39, 0.29) is 29.7 Å². The number of likely N-dealkylation sites (N-methyl/N-ethyl adjacent to an activating group) is 1. The van der Waals surface area contributed by atoms with Crippen molar-refractivity contribution in [1.82, 2.24) is 4.90 Å². The number of aromatic hydroxyl groups is 1. The van der Waals surface area contributed by atoms with E-state index in [1.165, 1.54) is 6.07 Å². The lowest BCUT2D eigenvalue weighted by Crippen LogP contribution is -2.63. The molecule has 0 heterocycles. The first kappa shape index (κ1) is 27.1. The molecule has 0 unspecified atom stereocenters. The summed E-state index contributed by atoms with van der Waals surface area (Å²) >= 11 is 0. The second-order valence-electron chi connectivity index (χ2n) is 11.5. The van der Waals surface area contributed by atoms with E-state index < -0.39 is 63.5 Å². The number of allylic oxidation sites excluding steroid dienone is 1. The van der Waals surface area contributed by atoms with Gasteiger partial charge in [-0.1, -0.05) is 18.3 Å². The predicted molar refractivity (Wildman–Crippen MR) is 140 cm³/mol. The Bertz CT molecular complexity index is 1420. The summed E-state index contributed by atoms with van der Waals surface area (Å²) in [4.78, 5) is 41.1. The molecule has 1 aromatic carbocycles. The minimum atomic E-state index is -2.60. The minimum absolute atomic E-state index is 0.0391. The van der Waals surface area contributed by atoms with Crippen LogP contribution in [0.1, 0.15) is 66.9 Å². The third kappa shape index (κ3) is 4.01. The number of benzene rings is 1. The number of Topliss-reactive ketones (excluding diaryl/α,β-unsaturated/α-hetero) is 3. The van der Waals surface area contributed by atoms with Crippen LogP contribution in [0.3, 0.4) is 0 Å². The summed E-state index contributed by atoms with van der Waals surface area (Å²) in [7, 11) is 3.24. The van der Waals surface area contributed by atoms with Crippen LogP contribution in [-0.2, 0) is 16.0 Å². The zero-order chi connectivity index (χ0) is 28.4. The summed E-state index contributed by atoms with van der Waals surface area (Å²) in [5.74, 6) is -0.0262. The average molecular weight is 536 g/mol. The van der Waals surface area contributed by atoms with Crippen molar-refractivity contribution in [2.45, 2.75) is 69.1 Å². The van der Waals surface area contributed by atoms with Crippen LogP contribution in [-0.4, -0.2) is 79.1 Å². The van der Waals surface area contributed by atoms with Crippen LogP contribution in [0.15, 0.2) is 34.8 Å². The van der Waals surface area contributed by atoms with Crippen molar-refractivity contribution < 1.29 is 39.9 Å². The Labute approximate surface area is 226 Å². The summed E-state index contributed by atoms with van der Waals surface area (Å²) < 4.78 is 0. The molecule has 1 aromatic rings. The lowest BCUT2D eigenvalue weighted by atomic mass is 9.58. The first-order valence-electron chi connectivity index (χ1n) is 13.3. The van der Waals surface area contributed by atoms with Crippen LogP contribution >= 0.6 is 0 Å². The molecule has 39 heavy (non-hydrogen) atoms. The number of aliphatic hydroxyl groups excluding tert-OH is 2. The van der Waals surface area contributed by atoms with Gasteiger partial charge in [0.05, 0.1) is 11.6 Å². The highest BCUT2D eigenvalue weighted by Crippen LogP contribution is 2.52. The SMILES string of the molecule is CC(=O)C1=C(O)[C@@H](N(C)C)[C@@H]2C[C@@H]3Cc4c(C#CC5(O)CCCCC5)ccc(O)c4C(=O)C3=C(O)[C@]2(O)C1=O. The molecular weight excluding hydrogens is 502 g/mol. The molecule has 0 radical (unpaired) electrons. The molecular formula is C30H33NO8. The number of carbonyl (C=O) groups is 3.